The van der Waals surface area contributed by atoms with Gasteiger partial charge in [-0.1, -0.05) is 0 Å². The van der Waals surface area contributed by atoms with Gasteiger partial charge >= 0.3 is 142 Å². The van der Waals surface area contributed by atoms with E-state index in [4.69, 9.17) is 0 Å². The fourth-order valence-corrected chi connectivity index (χ4v) is 11.9. The molecule has 2 aliphatic rings. The average molecular weight is 436 g/mol. The van der Waals surface area contributed by atoms with E-state index in [1.807, 2.05) is 0 Å². The molecule has 0 nitrogen and oxygen atoms in total. The van der Waals surface area contributed by atoms with Gasteiger partial charge in [0.15, 0.2) is 0 Å². The first-order valence-electron chi connectivity index (χ1n) is 8.18. The predicted molar refractivity (Wildman–Crippen MR) is 91.4 cm³/mol. The molecule has 0 radical (unpaired) electrons. The molecule has 3 heteroatoms. The summed E-state index contributed by atoms with van der Waals surface area (Å²) in [4.78, 5) is 0. The number of hydrogen-bond acceptors (Lipinski definition) is 0. The Labute approximate surface area is 165 Å². The first kappa shape index (κ1) is 19.7. The maximum atomic E-state index is 2.44. The zero-order valence-corrected chi connectivity index (χ0v) is 17.9. The molecular weight excluding hydrogens is 414 g/mol. The summed E-state index contributed by atoms with van der Waals surface area (Å²) in [6, 6.07) is 16.0. The Morgan fingerprint density at radius 3 is 2.25 bits per heavy atom. The molecule has 4 rings (SSSR count). The third kappa shape index (κ3) is 3.36. The Hall–Kier alpha value is -0.617. The molecule has 0 saturated carbocycles. The van der Waals surface area contributed by atoms with Gasteiger partial charge in [-0.2, -0.15) is 0 Å². The number of hydrogen-bond donors (Lipinski definition) is 0. The first-order valence-corrected chi connectivity index (χ1v) is 12.2. The molecule has 0 aromatic heterocycles. The van der Waals surface area contributed by atoms with Crippen molar-refractivity contribution in [2.24, 2.45) is 0 Å². The van der Waals surface area contributed by atoms with Gasteiger partial charge in [-0.25, -0.2) is 0 Å². The van der Waals surface area contributed by atoms with Gasteiger partial charge in [0.2, 0.25) is 0 Å². The van der Waals surface area contributed by atoms with E-state index in [0.717, 1.165) is 13.7 Å². The summed E-state index contributed by atoms with van der Waals surface area (Å²) >= 11 is -1.75. The van der Waals surface area contributed by atoms with E-state index in [-0.39, 0.29) is 24.8 Å². The Kier molecular flexibility index (Phi) is 6.71. The molecule has 24 heavy (non-hydrogen) atoms. The van der Waals surface area contributed by atoms with E-state index in [2.05, 4.69) is 80.6 Å². The summed E-state index contributed by atoms with van der Waals surface area (Å²) in [5.41, 5.74) is 6.11. The van der Waals surface area contributed by atoms with Crippen LogP contribution in [-0.4, -0.2) is 0 Å². The quantitative estimate of drug-likeness (QED) is 0.508. The normalized spacial score (nSPS) is 14.1. The molecule has 0 bridgehead atoms. The molecule has 0 spiro atoms. The van der Waals surface area contributed by atoms with Crippen molar-refractivity contribution in [3.63, 3.8) is 0 Å². The van der Waals surface area contributed by atoms with Crippen LogP contribution in [0, 0.1) is 0 Å². The van der Waals surface area contributed by atoms with Crippen molar-refractivity contribution in [2.45, 2.75) is 27.5 Å². The third-order valence-corrected chi connectivity index (χ3v) is 13.3. The van der Waals surface area contributed by atoms with Gasteiger partial charge in [0.25, 0.3) is 0 Å². The summed E-state index contributed by atoms with van der Waals surface area (Å²) in [6.45, 7) is 4.88. The van der Waals surface area contributed by atoms with Crippen LogP contribution in [0.3, 0.4) is 0 Å². The predicted octanol–water partition coefficient (Wildman–Crippen LogP) is -0.748. The van der Waals surface area contributed by atoms with Crippen LogP contribution in [-0.2, 0) is 28.2 Å². The molecule has 0 aliphatic heterocycles. The number of fused-ring (bicyclic) bond motifs is 3. The Morgan fingerprint density at radius 1 is 0.875 bits per heavy atom. The van der Waals surface area contributed by atoms with Crippen LogP contribution < -0.4 is 28.1 Å². The van der Waals surface area contributed by atoms with Crippen LogP contribution in [0.5, 0.6) is 0 Å². The maximum absolute atomic E-state index is 2.44. The largest absolute Gasteiger partial charge is 1.00 e. The summed E-state index contributed by atoms with van der Waals surface area (Å²) in [5.74, 6) is 0. The minimum atomic E-state index is -1.75. The second-order valence-electron chi connectivity index (χ2n) is 6.57. The molecular formula is C21H21Cl2Zr. The molecule has 0 saturated heterocycles. The number of halogens is 2. The average Bonchev–Trinajstić information content (AvgIpc) is 3.15. The van der Waals surface area contributed by atoms with E-state index in [1.54, 1.807) is 8.83 Å². The molecule has 0 heterocycles. The van der Waals surface area contributed by atoms with Crippen LogP contribution >= 0.6 is 0 Å². The fourth-order valence-electron chi connectivity index (χ4n) is 3.94. The second-order valence-corrected chi connectivity index (χ2v) is 14.6. The van der Waals surface area contributed by atoms with E-state index in [1.165, 1.54) is 16.7 Å². The minimum Gasteiger partial charge on any atom is -1.00 e. The Balaban J connectivity index is 0.00000104. The van der Waals surface area contributed by atoms with Crippen LogP contribution in [0.4, 0.5) is 0 Å². The summed E-state index contributed by atoms with van der Waals surface area (Å²) in [5, 5.41) is 0. The van der Waals surface area contributed by atoms with Gasteiger partial charge in [-0.05, 0) is 0 Å². The van der Waals surface area contributed by atoms with Crippen LogP contribution in [0.1, 0.15) is 25.0 Å². The van der Waals surface area contributed by atoms with Crippen molar-refractivity contribution in [3.8, 4) is 11.1 Å². The smallest absolute Gasteiger partial charge is 1.00 e. The minimum absolute atomic E-state index is 0. The van der Waals surface area contributed by atoms with Crippen molar-refractivity contribution in [3.05, 3.63) is 77.9 Å². The summed E-state index contributed by atoms with van der Waals surface area (Å²) < 4.78 is 3.31. The summed E-state index contributed by atoms with van der Waals surface area (Å²) in [6.07, 6.45) is 10.5. The van der Waals surface area contributed by atoms with E-state index in [0.29, 0.717) is 0 Å². The first-order chi connectivity index (χ1) is 10.8. The van der Waals surface area contributed by atoms with Crippen molar-refractivity contribution in [2.75, 3.05) is 0 Å². The molecule has 2 aromatic rings. The molecule has 0 unspecified atom stereocenters. The van der Waals surface area contributed by atoms with Gasteiger partial charge < -0.3 is 24.8 Å². The van der Waals surface area contributed by atoms with Gasteiger partial charge in [0, 0.05) is 0 Å². The van der Waals surface area contributed by atoms with Crippen molar-refractivity contribution in [1.29, 1.82) is 0 Å². The topological polar surface area (TPSA) is 0 Å². The van der Waals surface area contributed by atoms with Crippen molar-refractivity contribution >= 4 is 3.27 Å². The van der Waals surface area contributed by atoms with Gasteiger partial charge in [0.05, 0.1) is 0 Å². The van der Waals surface area contributed by atoms with E-state index < -0.39 is 21.8 Å². The molecule has 0 N–H and O–H groups in total. The van der Waals surface area contributed by atoms with E-state index in [9.17, 15) is 0 Å². The van der Waals surface area contributed by atoms with Crippen molar-refractivity contribution in [1.82, 2.24) is 0 Å². The Bertz CT molecular complexity index is 765. The number of benzene rings is 2. The van der Waals surface area contributed by atoms with Crippen LogP contribution in [0.25, 0.3) is 11.1 Å². The molecule has 0 atom stereocenters. The summed E-state index contributed by atoms with van der Waals surface area (Å²) in [7, 11) is 0. The second kappa shape index (κ2) is 8.17. The van der Waals surface area contributed by atoms with Gasteiger partial charge in [0.1, 0.15) is 0 Å². The van der Waals surface area contributed by atoms with Crippen LogP contribution in [0.2, 0.25) is 7.25 Å². The van der Waals surface area contributed by atoms with Crippen molar-refractivity contribution < 1.29 is 46.6 Å². The third-order valence-electron chi connectivity index (χ3n) is 4.89. The van der Waals surface area contributed by atoms with Gasteiger partial charge in [-0.3, -0.25) is 0 Å². The number of rotatable bonds is 3. The molecule has 0 fully saturated rings. The molecule has 0 amide bonds. The van der Waals surface area contributed by atoms with Gasteiger partial charge in [-0.15, -0.1) is 0 Å². The molecule has 2 aliphatic carbocycles. The van der Waals surface area contributed by atoms with Crippen LogP contribution in [0.15, 0.2) is 66.8 Å². The zero-order valence-electron chi connectivity index (χ0n) is 14.0. The zero-order chi connectivity index (χ0) is 15.1. The standard InChI is InChI=1S/C13H9.C5H5.C3H7.2ClH.Zr/c1-3-7-12-10(5-1)9-11-6-2-4-8-13(11)12;1-2-4-5-3-1;1-3-2;;;/h1-5,7-8H,9H2;1-5H;3H,1-2H3;2*1H;/q;;;;;+2/p-2. The Morgan fingerprint density at radius 2 is 1.54 bits per heavy atom. The van der Waals surface area contributed by atoms with E-state index >= 15 is 0 Å². The fraction of sp³-hybridized carbons (Fsp3) is 0.238. The SMILES string of the molecule is C[CH](C)[Zr+2]([c]1cccc2c1Cc1ccccc1-2)[CH]1C=CC=C1.[Cl-].[Cl-]. The molecule has 2 aromatic carbocycles. The number of allylic oxidation sites excluding steroid dienone is 4. The molecule has 123 valence electrons. The maximum Gasteiger partial charge on any atom is -1.00 e. The monoisotopic (exact) mass is 433 g/mol.